The van der Waals surface area contributed by atoms with Crippen molar-refractivity contribution in [3.8, 4) is 5.75 Å². The first-order valence-corrected chi connectivity index (χ1v) is 6.86. The summed E-state index contributed by atoms with van der Waals surface area (Å²) in [4.78, 5) is 13.0. The van der Waals surface area contributed by atoms with E-state index in [2.05, 4.69) is 4.90 Å². The van der Waals surface area contributed by atoms with E-state index in [1.54, 1.807) is 0 Å². The third kappa shape index (κ3) is 4.91. The van der Waals surface area contributed by atoms with Crippen molar-refractivity contribution in [1.29, 1.82) is 0 Å². The number of hydrogen-bond acceptors (Lipinski definition) is 3. The molecule has 4 nitrogen and oxygen atoms in total. The number of likely N-dealkylation sites (tertiary alicyclic amines) is 1. The maximum Gasteiger partial charge on any atom is 0.303 e. The molecule has 0 aromatic heterocycles. The van der Waals surface area contributed by atoms with Gasteiger partial charge < -0.3 is 9.84 Å². The molecule has 1 aromatic carbocycles. The molecule has 19 heavy (non-hydrogen) atoms. The van der Waals surface area contributed by atoms with Crippen LogP contribution in [-0.4, -0.2) is 42.2 Å². The van der Waals surface area contributed by atoms with Crippen LogP contribution in [-0.2, 0) is 4.79 Å². The number of benzene rings is 1. The van der Waals surface area contributed by atoms with Crippen LogP contribution >= 0.6 is 0 Å². The Hall–Kier alpha value is -1.55. The summed E-state index contributed by atoms with van der Waals surface area (Å²) < 4.78 is 5.66. The monoisotopic (exact) mass is 263 g/mol. The van der Waals surface area contributed by atoms with E-state index in [1.807, 2.05) is 30.3 Å². The van der Waals surface area contributed by atoms with E-state index < -0.39 is 5.97 Å². The zero-order valence-electron chi connectivity index (χ0n) is 11.1. The minimum Gasteiger partial charge on any atom is -0.492 e. The highest BCUT2D eigenvalue weighted by atomic mass is 16.5. The van der Waals surface area contributed by atoms with Crippen LogP contribution in [0.15, 0.2) is 30.3 Å². The molecule has 1 saturated heterocycles. The number of rotatable bonds is 6. The predicted molar refractivity (Wildman–Crippen MR) is 73.4 cm³/mol. The summed E-state index contributed by atoms with van der Waals surface area (Å²) in [6.45, 7) is 3.56. The van der Waals surface area contributed by atoms with Crippen LogP contribution in [0.25, 0.3) is 0 Å². The summed E-state index contributed by atoms with van der Waals surface area (Å²) in [5.74, 6) is 0.581. The molecule has 0 saturated carbocycles. The van der Waals surface area contributed by atoms with E-state index in [4.69, 9.17) is 9.84 Å². The Morgan fingerprint density at radius 1 is 1.26 bits per heavy atom. The first-order valence-electron chi connectivity index (χ1n) is 6.86. The number of aliphatic carboxylic acids is 1. The van der Waals surface area contributed by atoms with E-state index in [0.717, 1.165) is 38.2 Å². The summed E-state index contributed by atoms with van der Waals surface area (Å²) in [6, 6.07) is 9.82. The molecule has 0 atom stereocenters. The van der Waals surface area contributed by atoms with Gasteiger partial charge in [-0.3, -0.25) is 9.69 Å². The topological polar surface area (TPSA) is 49.8 Å². The van der Waals surface area contributed by atoms with Crippen LogP contribution in [0.4, 0.5) is 0 Å². The smallest absolute Gasteiger partial charge is 0.303 e. The second-order valence-corrected chi connectivity index (χ2v) is 5.04. The molecule has 0 radical (unpaired) electrons. The molecule has 0 unspecified atom stereocenters. The van der Waals surface area contributed by atoms with Crippen LogP contribution < -0.4 is 4.74 Å². The van der Waals surface area contributed by atoms with Gasteiger partial charge in [-0.25, -0.2) is 0 Å². The van der Waals surface area contributed by atoms with Crippen molar-refractivity contribution in [2.75, 3.05) is 26.2 Å². The minimum absolute atomic E-state index is 0.314. The van der Waals surface area contributed by atoms with Crippen molar-refractivity contribution in [3.05, 3.63) is 30.3 Å². The van der Waals surface area contributed by atoms with Gasteiger partial charge in [0.15, 0.2) is 0 Å². The van der Waals surface area contributed by atoms with E-state index >= 15 is 0 Å². The van der Waals surface area contributed by atoms with Crippen LogP contribution in [0.5, 0.6) is 5.75 Å². The van der Waals surface area contributed by atoms with Crippen LogP contribution in [0, 0.1) is 5.92 Å². The summed E-state index contributed by atoms with van der Waals surface area (Å²) in [7, 11) is 0. The maximum absolute atomic E-state index is 10.6. The number of carbonyl (C=O) groups is 1. The third-order valence-electron chi connectivity index (χ3n) is 3.59. The van der Waals surface area contributed by atoms with E-state index in [1.165, 1.54) is 0 Å². The fourth-order valence-corrected chi connectivity index (χ4v) is 2.47. The van der Waals surface area contributed by atoms with Gasteiger partial charge in [0.05, 0.1) is 0 Å². The van der Waals surface area contributed by atoms with Gasteiger partial charge in [-0.05, 0) is 44.0 Å². The summed E-state index contributed by atoms with van der Waals surface area (Å²) in [5.41, 5.74) is 0. The average molecular weight is 263 g/mol. The van der Waals surface area contributed by atoms with Crippen LogP contribution in [0.2, 0.25) is 0 Å². The molecule has 104 valence electrons. The highest BCUT2D eigenvalue weighted by Crippen LogP contribution is 2.20. The zero-order valence-corrected chi connectivity index (χ0v) is 11.1. The van der Waals surface area contributed by atoms with Crippen LogP contribution in [0.1, 0.15) is 19.3 Å². The molecule has 0 bridgehead atoms. The number of hydrogen-bond donors (Lipinski definition) is 1. The van der Waals surface area contributed by atoms with Crippen molar-refractivity contribution < 1.29 is 14.6 Å². The van der Waals surface area contributed by atoms with Gasteiger partial charge >= 0.3 is 5.97 Å². The van der Waals surface area contributed by atoms with Gasteiger partial charge in [-0.1, -0.05) is 18.2 Å². The number of nitrogens with zero attached hydrogens (tertiary/aromatic N) is 1. The lowest BCUT2D eigenvalue weighted by Crippen LogP contribution is -2.36. The number of para-hydroxylation sites is 1. The molecule has 0 aliphatic carbocycles. The fourth-order valence-electron chi connectivity index (χ4n) is 2.47. The second-order valence-electron chi connectivity index (χ2n) is 5.04. The lowest BCUT2D eigenvalue weighted by atomic mass is 9.94. The highest BCUT2D eigenvalue weighted by molar-refractivity contribution is 5.67. The molecule has 2 rings (SSSR count). The van der Waals surface area contributed by atoms with Gasteiger partial charge in [0.25, 0.3) is 0 Å². The molecule has 1 fully saturated rings. The molecule has 0 amide bonds. The Kier molecular flexibility index (Phi) is 5.21. The Morgan fingerprint density at radius 3 is 2.58 bits per heavy atom. The van der Waals surface area contributed by atoms with Gasteiger partial charge in [0, 0.05) is 13.0 Å². The Bertz CT molecular complexity index is 386. The number of piperidine rings is 1. The Labute approximate surface area is 114 Å². The van der Waals surface area contributed by atoms with Gasteiger partial charge in [0.2, 0.25) is 0 Å². The number of carboxylic acids is 1. The van der Waals surface area contributed by atoms with E-state index in [0.29, 0.717) is 18.9 Å². The molecule has 4 heteroatoms. The SMILES string of the molecule is O=C(O)CC1CCN(CCOc2ccccc2)CC1. The largest absolute Gasteiger partial charge is 0.492 e. The first kappa shape index (κ1) is 13.9. The second kappa shape index (κ2) is 7.14. The molecular formula is C15H21NO3. The van der Waals surface area contributed by atoms with Gasteiger partial charge in [0.1, 0.15) is 12.4 Å². The molecule has 1 heterocycles. The predicted octanol–water partition coefficient (Wildman–Crippen LogP) is 2.25. The first-order chi connectivity index (χ1) is 9.24. The normalized spacial score (nSPS) is 17.3. The van der Waals surface area contributed by atoms with E-state index in [9.17, 15) is 4.79 Å². The van der Waals surface area contributed by atoms with Crippen molar-refractivity contribution in [2.24, 2.45) is 5.92 Å². The molecule has 0 spiro atoms. The van der Waals surface area contributed by atoms with Gasteiger partial charge in [-0.2, -0.15) is 0 Å². The van der Waals surface area contributed by atoms with Crippen molar-refractivity contribution in [3.63, 3.8) is 0 Å². The molecule has 1 aromatic rings. The Morgan fingerprint density at radius 2 is 1.95 bits per heavy atom. The molecule has 1 aliphatic heterocycles. The lowest BCUT2D eigenvalue weighted by molar-refractivity contribution is -0.138. The standard InChI is InChI=1S/C15H21NO3/c17-15(18)12-13-6-8-16(9-7-13)10-11-19-14-4-2-1-3-5-14/h1-5,13H,6-12H2,(H,17,18). The zero-order chi connectivity index (χ0) is 13.5. The van der Waals surface area contributed by atoms with Gasteiger partial charge in [-0.15, -0.1) is 0 Å². The Balaban J connectivity index is 1.62. The van der Waals surface area contributed by atoms with Crippen LogP contribution in [0.3, 0.4) is 0 Å². The average Bonchev–Trinajstić information content (AvgIpc) is 2.41. The fraction of sp³-hybridized carbons (Fsp3) is 0.533. The van der Waals surface area contributed by atoms with Crippen molar-refractivity contribution in [2.45, 2.75) is 19.3 Å². The maximum atomic E-state index is 10.6. The number of carboxylic acid groups (broad SMARTS) is 1. The lowest BCUT2D eigenvalue weighted by Gasteiger charge is -2.31. The number of ether oxygens (including phenoxy) is 1. The van der Waals surface area contributed by atoms with Crippen molar-refractivity contribution >= 4 is 5.97 Å². The molecular weight excluding hydrogens is 242 g/mol. The molecule has 1 N–H and O–H groups in total. The summed E-state index contributed by atoms with van der Waals surface area (Å²) in [5, 5.41) is 8.77. The quantitative estimate of drug-likeness (QED) is 0.855. The minimum atomic E-state index is -0.675. The summed E-state index contributed by atoms with van der Waals surface area (Å²) >= 11 is 0. The highest BCUT2D eigenvalue weighted by Gasteiger charge is 2.20. The third-order valence-corrected chi connectivity index (χ3v) is 3.59. The summed E-state index contributed by atoms with van der Waals surface area (Å²) in [6.07, 6.45) is 2.28. The molecule has 1 aliphatic rings. The van der Waals surface area contributed by atoms with E-state index in [-0.39, 0.29) is 0 Å². The van der Waals surface area contributed by atoms with Crippen molar-refractivity contribution in [1.82, 2.24) is 4.90 Å².